The molecular formula is C16H18F2N2O3. The molecule has 3 unspecified atom stereocenters. The lowest BCUT2D eigenvalue weighted by molar-refractivity contribution is -0.129. The van der Waals surface area contributed by atoms with Crippen molar-refractivity contribution in [3.8, 4) is 0 Å². The van der Waals surface area contributed by atoms with E-state index in [4.69, 9.17) is 5.73 Å². The lowest BCUT2D eigenvalue weighted by Crippen LogP contribution is -2.44. The van der Waals surface area contributed by atoms with Crippen molar-refractivity contribution in [2.24, 2.45) is 11.1 Å². The van der Waals surface area contributed by atoms with Gasteiger partial charge in [-0.3, -0.25) is 14.5 Å². The lowest BCUT2D eigenvalue weighted by Gasteiger charge is -2.34. The molecule has 1 aliphatic carbocycles. The van der Waals surface area contributed by atoms with E-state index in [1.807, 2.05) is 0 Å². The zero-order chi connectivity index (χ0) is 16.8. The number of anilines is 1. The first-order valence-corrected chi connectivity index (χ1v) is 7.59. The summed E-state index contributed by atoms with van der Waals surface area (Å²) in [4.78, 5) is 25.8. The average molecular weight is 324 g/mol. The quantitative estimate of drug-likeness (QED) is 0.864. The summed E-state index contributed by atoms with van der Waals surface area (Å²) in [5, 5.41) is 9.92. The first-order valence-electron chi connectivity index (χ1n) is 7.59. The summed E-state index contributed by atoms with van der Waals surface area (Å²) < 4.78 is 27.0. The molecular weight excluding hydrogens is 306 g/mol. The maximum Gasteiger partial charge on any atom is 0.240 e. The standard InChI is InChI=1S/C16H18F2N2O3/c17-9-4-10(18)6-11(5-9)20-13(14(19)22)8-16(15(20)23)3-1-2-12(21)7-16/h4-6,12-13,21H,1-3,7-8H2,(H2,19,22). The van der Waals surface area contributed by atoms with Crippen LogP contribution in [0.25, 0.3) is 0 Å². The number of hydrogen-bond donors (Lipinski definition) is 2. The van der Waals surface area contributed by atoms with Crippen LogP contribution < -0.4 is 10.6 Å². The van der Waals surface area contributed by atoms with Gasteiger partial charge in [0.1, 0.15) is 17.7 Å². The molecule has 3 atom stereocenters. The van der Waals surface area contributed by atoms with Crippen LogP contribution in [0.4, 0.5) is 14.5 Å². The van der Waals surface area contributed by atoms with Gasteiger partial charge < -0.3 is 10.8 Å². The smallest absolute Gasteiger partial charge is 0.240 e. The Labute approximate surface area is 132 Å². The SMILES string of the molecule is NC(=O)C1CC2(CCCC(O)C2)C(=O)N1c1cc(F)cc(F)c1. The molecule has 2 amide bonds. The van der Waals surface area contributed by atoms with E-state index in [9.17, 15) is 23.5 Å². The maximum absolute atomic E-state index is 13.5. The van der Waals surface area contributed by atoms with Gasteiger partial charge in [0.05, 0.1) is 17.2 Å². The number of amides is 2. The highest BCUT2D eigenvalue weighted by Crippen LogP contribution is 2.48. The number of carbonyl (C=O) groups excluding carboxylic acids is 2. The van der Waals surface area contributed by atoms with Gasteiger partial charge in [0.25, 0.3) is 0 Å². The number of aliphatic hydroxyl groups is 1. The van der Waals surface area contributed by atoms with Crippen molar-refractivity contribution in [1.82, 2.24) is 0 Å². The van der Waals surface area contributed by atoms with Gasteiger partial charge in [0.15, 0.2) is 0 Å². The number of primary amides is 1. The maximum atomic E-state index is 13.5. The van der Waals surface area contributed by atoms with Crippen molar-refractivity contribution < 1.29 is 23.5 Å². The van der Waals surface area contributed by atoms with Gasteiger partial charge in [-0.15, -0.1) is 0 Å². The van der Waals surface area contributed by atoms with Gasteiger partial charge in [0.2, 0.25) is 11.8 Å². The van der Waals surface area contributed by atoms with Crippen molar-refractivity contribution in [3.05, 3.63) is 29.8 Å². The minimum atomic E-state index is -0.964. The second-order valence-electron chi connectivity index (χ2n) is 6.46. The average Bonchev–Trinajstić information content (AvgIpc) is 2.71. The van der Waals surface area contributed by atoms with Crippen LogP contribution >= 0.6 is 0 Å². The topological polar surface area (TPSA) is 83.6 Å². The van der Waals surface area contributed by atoms with E-state index >= 15 is 0 Å². The first-order chi connectivity index (χ1) is 10.8. The fourth-order valence-corrected chi connectivity index (χ4v) is 3.86. The minimum absolute atomic E-state index is 0.0201. The molecule has 0 aromatic heterocycles. The van der Waals surface area contributed by atoms with E-state index in [0.717, 1.165) is 17.0 Å². The van der Waals surface area contributed by atoms with Crippen LogP contribution in [0.2, 0.25) is 0 Å². The highest BCUT2D eigenvalue weighted by molar-refractivity contribution is 6.06. The first kappa shape index (κ1) is 15.9. The molecule has 0 radical (unpaired) electrons. The van der Waals surface area contributed by atoms with E-state index in [2.05, 4.69) is 0 Å². The van der Waals surface area contributed by atoms with E-state index in [1.54, 1.807) is 0 Å². The molecule has 3 rings (SSSR count). The predicted molar refractivity (Wildman–Crippen MR) is 78.4 cm³/mol. The Morgan fingerprint density at radius 3 is 2.48 bits per heavy atom. The summed E-state index contributed by atoms with van der Waals surface area (Å²) in [5.74, 6) is -2.79. The fraction of sp³-hybridized carbons (Fsp3) is 0.500. The van der Waals surface area contributed by atoms with E-state index in [-0.39, 0.29) is 18.5 Å². The van der Waals surface area contributed by atoms with Crippen LogP contribution in [-0.2, 0) is 9.59 Å². The van der Waals surface area contributed by atoms with Gasteiger partial charge in [-0.05, 0) is 44.2 Å². The van der Waals surface area contributed by atoms with Crippen molar-refractivity contribution >= 4 is 17.5 Å². The third kappa shape index (κ3) is 2.69. The number of carbonyl (C=O) groups is 2. The number of halogens is 2. The molecule has 5 nitrogen and oxygen atoms in total. The Kier molecular flexibility index (Phi) is 3.83. The molecule has 3 N–H and O–H groups in total. The number of nitrogens with two attached hydrogens (primary N) is 1. The molecule has 1 saturated carbocycles. The molecule has 7 heteroatoms. The second kappa shape index (κ2) is 5.56. The molecule has 1 heterocycles. The highest BCUT2D eigenvalue weighted by Gasteiger charge is 2.55. The van der Waals surface area contributed by atoms with Crippen molar-refractivity contribution in [2.75, 3.05) is 4.90 Å². The predicted octanol–water partition coefficient (Wildman–Crippen LogP) is 1.48. The van der Waals surface area contributed by atoms with Crippen LogP contribution in [0.1, 0.15) is 32.1 Å². The Bertz CT molecular complexity index is 646. The molecule has 1 aromatic rings. The lowest BCUT2D eigenvalue weighted by atomic mass is 9.71. The summed E-state index contributed by atoms with van der Waals surface area (Å²) in [6, 6.07) is 1.75. The number of aliphatic hydroxyl groups excluding tert-OH is 1. The molecule has 1 aliphatic heterocycles. The highest BCUT2D eigenvalue weighted by atomic mass is 19.1. The van der Waals surface area contributed by atoms with Crippen molar-refractivity contribution in [3.63, 3.8) is 0 Å². The van der Waals surface area contributed by atoms with E-state index < -0.39 is 41.0 Å². The van der Waals surface area contributed by atoms with Crippen LogP contribution in [0.5, 0.6) is 0 Å². The molecule has 124 valence electrons. The van der Waals surface area contributed by atoms with Crippen LogP contribution in [-0.4, -0.2) is 29.1 Å². The van der Waals surface area contributed by atoms with Gasteiger partial charge in [-0.2, -0.15) is 0 Å². The van der Waals surface area contributed by atoms with Crippen molar-refractivity contribution in [1.29, 1.82) is 0 Å². The van der Waals surface area contributed by atoms with Crippen LogP contribution in [0.3, 0.4) is 0 Å². The van der Waals surface area contributed by atoms with E-state index in [0.29, 0.717) is 25.3 Å². The summed E-state index contributed by atoms with van der Waals surface area (Å²) in [5.41, 5.74) is 4.50. The zero-order valence-corrected chi connectivity index (χ0v) is 12.5. The number of rotatable bonds is 2. The third-order valence-corrected chi connectivity index (χ3v) is 4.84. The minimum Gasteiger partial charge on any atom is -0.393 e. The Balaban J connectivity index is 2.03. The summed E-state index contributed by atoms with van der Waals surface area (Å²) in [6.07, 6.45) is 1.57. The fourth-order valence-electron chi connectivity index (χ4n) is 3.86. The molecule has 23 heavy (non-hydrogen) atoms. The molecule has 0 bridgehead atoms. The van der Waals surface area contributed by atoms with Gasteiger partial charge >= 0.3 is 0 Å². The second-order valence-corrected chi connectivity index (χ2v) is 6.46. The third-order valence-electron chi connectivity index (χ3n) is 4.84. The van der Waals surface area contributed by atoms with Crippen LogP contribution in [0, 0.1) is 17.0 Å². The van der Waals surface area contributed by atoms with E-state index in [1.165, 1.54) is 0 Å². The molecule has 2 aliphatic rings. The zero-order valence-electron chi connectivity index (χ0n) is 12.5. The molecule has 1 saturated heterocycles. The molecule has 1 spiro atoms. The molecule has 2 fully saturated rings. The Morgan fingerprint density at radius 1 is 1.26 bits per heavy atom. The summed E-state index contributed by atoms with van der Waals surface area (Å²) in [7, 11) is 0. The van der Waals surface area contributed by atoms with Gasteiger partial charge in [-0.1, -0.05) is 0 Å². The summed E-state index contributed by atoms with van der Waals surface area (Å²) >= 11 is 0. The van der Waals surface area contributed by atoms with Crippen molar-refractivity contribution in [2.45, 2.75) is 44.2 Å². The van der Waals surface area contributed by atoms with Crippen LogP contribution in [0.15, 0.2) is 18.2 Å². The number of hydrogen-bond acceptors (Lipinski definition) is 3. The largest absolute Gasteiger partial charge is 0.393 e. The van der Waals surface area contributed by atoms with Gasteiger partial charge in [0, 0.05) is 6.07 Å². The van der Waals surface area contributed by atoms with Gasteiger partial charge in [-0.25, -0.2) is 8.78 Å². The Morgan fingerprint density at radius 2 is 1.91 bits per heavy atom. The number of benzene rings is 1. The molecule has 1 aromatic carbocycles. The normalized spacial score (nSPS) is 30.9. The monoisotopic (exact) mass is 324 g/mol. The Hall–Kier alpha value is -2.02. The number of nitrogens with zero attached hydrogens (tertiary/aromatic N) is 1. The summed E-state index contributed by atoms with van der Waals surface area (Å²) in [6.45, 7) is 0.